The fourth-order valence-electron chi connectivity index (χ4n) is 3.44. The molecule has 0 aliphatic heterocycles. The molecule has 1 aromatic rings. The first kappa shape index (κ1) is 14.5. The zero-order valence-electron chi connectivity index (χ0n) is 12.8. The van der Waals surface area contributed by atoms with Crippen LogP contribution in [0.3, 0.4) is 0 Å². The highest BCUT2D eigenvalue weighted by Gasteiger charge is 2.27. The third kappa shape index (κ3) is 3.01. The molecular weight excluding hydrogens is 232 g/mol. The van der Waals surface area contributed by atoms with Gasteiger partial charge < -0.3 is 11.1 Å². The highest BCUT2D eigenvalue weighted by atomic mass is 14.9. The van der Waals surface area contributed by atoms with E-state index in [0.717, 1.165) is 5.92 Å². The van der Waals surface area contributed by atoms with Crippen molar-refractivity contribution in [3.05, 3.63) is 34.4 Å². The summed E-state index contributed by atoms with van der Waals surface area (Å²) in [5.74, 6) is 0.727. The third-order valence-corrected chi connectivity index (χ3v) is 5.03. The number of rotatable bonds is 3. The van der Waals surface area contributed by atoms with Crippen molar-refractivity contribution >= 4 is 0 Å². The lowest BCUT2D eigenvalue weighted by Crippen LogP contribution is -2.33. The fraction of sp³-hybridized carbons (Fsp3) is 0.647. The fourth-order valence-corrected chi connectivity index (χ4v) is 3.44. The Bertz CT molecular complexity index is 431. The Labute approximate surface area is 117 Å². The molecule has 1 saturated carbocycles. The maximum absolute atomic E-state index is 6.03. The molecule has 1 atom stereocenters. The zero-order chi connectivity index (χ0) is 14.0. The molecule has 0 spiro atoms. The van der Waals surface area contributed by atoms with E-state index in [1.165, 1.54) is 47.9 Å². The van der Waals surface area contributed by atoms with Gasteiger partial charge in [0.1, 0.15) is 0 Å². The molecule has 1 aliphatic carbocycles. The van der Waals surface area contributed by atoms with Crippen molar-refractivity contribution in [3.8, 4) is 0 Å². The largest absolute Gasteiger partial charge is 0.328 e. The molecule has 1 aromatic carbocycles. The van der Waals surface area contributed by atoms with Gasteiger partial charge in [-0.3, -0.25) is 0 Å². The van der Waals surface area contributed by atoms with Gasteiger partial charge in [0, 0.05) is 12.1 Å². The molecular formula is C17H28N2. The quantitative estimate of drug-likeness (QED) is 0.874. The van der Waals surface area contributed by atoms with Crippen LogP contribution in [0, 0.1) is 26.7 Å². The highest BCUT2D eigenvalue weighted by Crippen LogP contribution is 2.36. The zero-order valence-corrected chi connectivity index (χ0v) is 12.8. The van der Waals surface area contributed by atoms with Crippen LogP contribution in [-0.4, -0.2) is 13.1 Å². The van der Waals surface area contributed by atoms with Crippen LogP contribution in [0.15, 0.2) is 12.1 Å². The number of nitrogens with one attached hydrogen (secondary N) is 1. The lowest BCUT2D eigenvalue weighted by Gasteiger charge is -2.34. The lowest BCUT2D eigenvalue weighted by molar-refractivity contribution is 0.262. The SMILES string of the molecule is CNC(c1ccc(C)c(C)c1C)C1CCC(N)CC1. The maximum atomic E-state index is 6.03. The van der Waals surface area contributed by atoms with E-state index in [1.807, 2.05) is 0 Å². The van der Waals surface area contributed by atoms with Crippen molar-refractivity contribution in [1.82, 2.24) is 5.32 Å². The Kier molecular flexibility index (Phi) is 4.64. The Hall–Kier alpha value is -0.860. The molecule has 106 valence electrons. The molecule has 2 rings (SSSR count). The second kappa shape index (κ2) is 6.06. The first-order chi connectivity index (χ1) is 9.04. The standard InChI is InChI=1S/C17H28N2/c1-11-5-10-16(13(3)12(11)2)17(19-4)14-6-8-15(18)9-7-14/h5,10,14-15,17,19H,6-9,18H2,1-4H3. The van der Waals surface area contributed by atoms with E-state index in [0.29, 0.717) is 12.1 Å². The van der Waals surface area contributed by atoms with Gasteiger partial charge in [-0.1, -0.05) is 12.1 Å². The molecule has 0 saturated heterocycles. The van der Waals surface area contributed by atoms with E-state index in [4.69, 9.17) is 5.73 Å². The van der Waals surface area contributed by atoms with Crippen molar-refractivity contribution in [2.24, 2.45) is 11.7 Å². The molecule has 0 radical (unpaired) electrons. The lowest BCUT2D eigenvalue weighted by atomic mass is 9.78. The number of hydrogen-bond donors (Lipinski definition) is 2. The van der Waals surface area contributed by atoms with Crippen LogP contribution < -0.4 is 11.1 Å². The van der Waals surface area contributed by atoms with Gasteiger partial charge in [0.15, 0.2) is 0 Å². The Morgan fingerprint density at radius 1 is 1.05 bits per heavy atom. The van der Waals surface area contributed by atoms with E-state index < -0.39 is 0 Å². The molecule has 0 bridgehead atoms. The van der Waals surface area contributed by atoms with Gasteiger partial charge in [-0.25, -0.2) is 0 Å². The van der Waals surface area contributed by atoms with Crippen molar-refractivity contribution in [3.63, 3.8) is 0 Å². The Balaban J connectivity index is 2.25. The van der Waals surface area contributed by atoms with Crippen LogP contribution in [-0.2, 0) is 0 Å². The minimum Gasteiger partial charge on any atom is -0.328 e. The van der Waals surface area contributed by atoms with Crippen LogP contribution in [0.1, 0.15) is 54.0 Å². The van der Waals surface area contributed by atoms with Crippen molar-refractivity contribution in [1.29, 1.82) is 0 Å². The average molecular weight is 260 g/mol. The van der Waals surface area contributed by atoms with E-state index in [2.05, 4.69) is 45.3 Å². The van der Waals surface area contributed by atoms with Crippen LogP contribution >= 0.6 is 0 Å². The predicted octanol–water partition coefficient (Wildman–Crippen LogP) is 3.39. The highest BCUT2D eigenvalue weighted by molar-refractivity contribution is 5.40. The third-order valence-electron chi connectivity index (χ3n) is 5.03. The summed E-state index contributed by atoms with van der Waals surface area (Å²) in [5, 5.41) is 3.55. The molecule has 19 heavy (non-hydrogen) atoms. The average Bonchev–Trinajstić information content (AvgIpc) is 2.41. The van der Waals surface area contributed by atoms with Crippen molar-refractivity contribution in [2.75, 3.05) is 7.05 Å². The number of hydrogen-bond acceptors (Lipinski definition) is 2. The van der Waals surface area contributed by atoms with Crippen LogP contribution in [0.5, 0.6) is 0 Å². The normalized spacial score (nSPS) is 25.3. The number of aryl methyl sites for hydroxylation is 1. The second-order valence-corrected chi connectivity index (χ2v) is 6.16. The molecule has 1 aliphatic rings. The molecule has 1 fully saturated rings. The van der Waals surface area contributed by atoms with Crippen LogP contribution in [0.4, 0.5) is 0 Å². The van der Waals surface area contributed by atoms with Gasteiger partial charge >= 0.3 is 0 Å². The van der Waals surface area contributed by atoms with Crippen LogP contribution in [0.25, 0.3) is 0 Å². The first-order valence-electron chi connectivity index (χ1n) is 7.54. The summed E-state index contributed by atoms with van der Waals surface area (Å²) in [5.41, 5.74) is 11.8. The molecule has 0 aromatic heterocycles. The Morgan fingerprint density at radius 3 is 2.26 bits per heavy atom. The molecule has 0 amide bonds. The maximum Gasteiger partial charge on any atom is 0.0348 e. The number of benzene rings is 1. The van der Waals surface area contributed by atoms with Crippen molar-refractivity contribution < 1.29 is 0 Å². The van der Waals surface area contributed by atoms with E-state index in [1.54, 1.807) is 0 Å². The van der Waals surface area contributed by atoms with Crippen molar-refractivity contribution in [2.45, 2.75) is 58.5 Å². The molecule has 0 heterocycles. The van der Waals surface area contributed by atoms with Gasteiger partial charge in [-0.05, 0) is 81.7 Å². The van der Waals surface area contributed by atoms with Gasteiger partial charge in [-0.15, -0.1) is 0 Å². The summed E-state index contributed by atoms with van der Waals surface area (Å²) in [6.07, 6.45) is 4.84. The summed E-state index contributed by atoms with van der Waals surface area (Å²) < 4.78 is 0. The van der Waals surface area contributed by atoms with E-state index in [9.17, 15) is 0 Å². The molecule has 2 nitrogen and oxygen atoms in total. The van der Waals surface area contributed by atoms with E-state index >= 15 is 0 Å². The predicted molar refractivity (Wildman–Crippen MR) is 82.4 cm³/mol. The van der Waals surface area contributed by atoms with Gasteiger partial charge in [-0.2, -0.15) is 0 Å². The van der Waals surface area contributed by atoms with E-state index in [-0.39, 0.29) is 0 Å². The number of nitrogens with two attached hydrogens (primary N) is 1. The Morgan fingerprint density at radius 2 is 1.68 bits per heavy atom. The molecule has 2 heteroatoms. The molecule has 1 unspecified atom stereocenters. The summed E-state index contributed by atoms with van der Waals surface area (Å²) in [7, 11) is 2.09. The summed E-state index contributed by atoms with van der Waals surface area (Å²) in [4.78, 5) is 0. The van der Waals surface area contributed by atoms with Gasteiger partial charge in [0.2, 0.25) is 0 Å². The minimum atomic E-state index is 0.426. The topological polar surface area (TPSA) is 38.0 Å². The minimum absolute atomic E-state index is 0.426. The second-order valence-electron chi connectivity index (χ2n) is 6.16. The summed E-state index contributed by atoms with van der Waals surface area (Å²) in [6.45, 7) is 6.69. The monoisotopic (exact) mass is 260 g/mol. The summed E-state index contributed by atoms with van der Waals surface area (Å²) >= 11 is 0. The van der Waals surface area contributed by atoms with Gasteiger partial charge in [0.25, 0.3) is 0 Å². The smallest absolute Gasteiger partial charge is 0.0348 e. The van der Waals surface area contributed by atoms with Gasteiger partial charge in [0.05, 0.1) is 0 Å². The molecule has 3 N–H and O–H groups in total. The first-order valence-corrected chi connectivity index (χ1v) is 7.54. The van der Waals surface area contributed by atoms with Crippen LogP contribution in [0.2, 0.25) is 0 Å². The summed E-state index contributed by atoms with van der Waals surface area (Å²) in [6, 6.07) is 5.48.